The van der Waals surface area contributed by atoms with Gasteiger partial charge in [0.25, 0.3) is 5.91 Å². The predicted molar refractivity (Wildman–Crippen MR) is 144 cm³/mol. The number of thiazole rings is 1. The molecule has 190 valence electrons. The molecule has 0 saturated carbocycles. The third kappa shape index (κ3) is 6.57. The number of ether oxygens (including phenoxy) is 3. The van der Waals surface area contributed by atoms with Crippen molar-refractivity contribution in [2.24, 2.45) is 0 Å². The molecule has 0 fully saturated rings. The topological polar surface area (TPSA) is 64.1 Å². The average Bonchev–Trinajstić information content (AvgIpc) is 3.48. The van der Waals surface area contributed by atoms with Crippen molar-refractivity contribution in [1.82, 2.24) is 9.88 Å². The Morgan fingerprint density at radius 3 is 2.57 bits per heavy atom. The van der Waals surface area contributed by atoms with Crippen molar-refractivity contribution in [2.75, 3.05) is 44.5 Å². The largest absolute Gasteiger partial charge is 0.494 e. The van der Waals surface area contributed by atoms with Gasteiger partial charge < -0.3 is 19.1 Å². The van der Waals surface area contributed by atoms with Gasteiger partial charge in [0.05, 0.1) is 16.8 Å². The molecule has 1 aliphatic heterocycles. The van der Waals surface area contributed by atoms with Crippen LogP contribution < -0.4 is 19.1 Å². The van der Waals surface area contributed by atoms with Crippen LogP contribution in [-0.2, 0) is 0 Å². The van der Waals surface area contributed by atoms with E-state index in [1.54, 1.807) is 4.90 Å². The minimum Gasteiger partial charge on any atom is -0.494 e. The number of carbonyl (C=O) groups is 1. The Balaban J connectivity index is 0.00000342. The lowest BCUT2D eigenvalue weighted by atomic mass is 10.2. The van der Waals surface area contributed by atoms with E-state index >= 15 is 0 Å². The van der Waals surface area contributed by atoms with Gasteiger partial charge in [-0.2, -0.15) is 0 Å². The molecule has 1 aliphatic rings. The molecule has 1 aromatic heterocycles. The molecule has 7 nitrogen and oxygen atoms in total. The SMILES string of the molecule is CCCCCOc1cccc(C(=O)N(CCN(CC)CC)c2nc3cc4c(cc3s2)OCO4)c1.Cl. The Bertz CT molecular complexity index is 1080. The van der Waals surface area contributed by atoms with E-state index in [2.05, 4.69) is 25.7 Å². The normalized spacial score (nSPS) is 12.1. The van der Waals surface area contributed by atoms with Gasteiger partial charge in [0, 0.05) is 30.8 Å². The molecule has 1 amide bonds. The second-order valence-electron chi connectivity index (χ2n) is 8.24. The summed E-state index contributed by atoms with van der Waals surface area (Å²) < 4.78 is 17.9. The number of amides is 1. The van der Waals surface area contributed by atoms with E-state index in [9.17, 15) is 4.79 Å². The van der Waals surface area contributed by atoms with E-state index in [1.165, 1.54) is 11.3 Å². The Morgan fingerprint density at radius 1 is 1.06 bits per heavy atom. The predicted octanol–water partition coefficient (Wildman–Crippen LogP) is 6.00. The number of halogens is 1. The zero-order chi connectivity index (χ0) is 23.9. The van der Waals surface area contributed by atoms with Crippen LogP contribution in [0, 0.1) is 0 Å². The third-order valence-electron chi connectivity index (χ3n) is 5.98. The monoisotopic (exact) mass is 519 g/mol. The fraction of sp³-hybridized carbons (Fsp3) is 0.462. The number of rotatable bonds is 12. The van der Waals surface area contributed by atoms with Crippen LogP contribution in [0.5, 0.6) is 17.2 Å². The van der Waals surface area contributed by atoms with Crippen LogP contribution in [0.15, 0.2) is 36.4 Å². The van der Waals surface area contributed by atoms with Gasteiger partial charge in [-0.1, -0.05) is 51.0 Å². The highest BCUT2D eigenvalue weighted by molar-refractivity contribution is 7.22. The minimum absolute atomic E-state index is 0. The number of benzene rings is 2. The molecular formula is C26H34ClN3O4S. The smallest absolute Gasteiger partial charge is 0.260 e. The van der Waals surface area contributed by atoms with Crippen LogP contribution in [0.1, 0.15) is 50.4 Å². The molecule has 0 aliphatic carbocycles. The highest BCUT2D eigenvalue weighted by atomic mass is 35.5. The first-order chi connectivity index (χ1) is 16.6. The zero-order valence-electron chi connectivity index (χ0n) is 20.6. The molecule has 0 bridgehead atoms. The summed E-state index contributed by atoms with van der Waals surface area (Å²) in [5, 5.41) is 0.671. The maximum Gasteiger partial charge on any atom is 0.260 e. The first kappa shape index (κ1) is 27.0. The molecule has 4 rings (SSSR count). The summed E-state index contributed by atoms with van der Waals surface area (Å²) in [4.78, 5) is 22.6. The Morgan fingerprint density at radius 2 is 1.83 bits per heavy atom. The van der Waals surface area contributed by atoms with Gasteiger partial charge in [0.1, 0.15) is 5.75 Å². The molecule has 35 heavy (non-hydrogen) atoms. The summed E-state index contributed by atoms with van der Waals surface area (Å²) in [5.41, 5.74) is 1.40. The molecule has 0 saturated heterocycles. The van der Waals surface area contributed by atoms with Crippen LogP contribution in [0.4, 0.5) is 5.13 Å². The number of aromatic nitrogens is 1. The van der Waals surface area contributed by atoms with E-state index in [-0.39, 0.29) is 25.1 Å². The quantitative estimate of drug-likeness (QED) is 0.273. The first-order valence-electron chi connectivity index (χ1n) is 12.1. The summed E-state index contributed by atoms with van der Waals surface area (Å²) in [7, 11) is 0. The summed E-state index contributed by atoms with van der Waals surface area (Å²) in [5.74, 6) is 2.06. The van der Waals surface area contributed by atoms with Gasteiger partial charge in [-0.15, -0.1) is 12.4 Å². The molecular weight excluding hydrogens is 486 g/mol. The van der Waals surface area contributed by atoms with Crippen molar-refractivity contribution in [3.05, 3.63) is 42.0 Å². The van der Waals surface area contributed by atoms with Crippen molar-refractivity contribution in [3.8, 4) is 17.2 Å². The van der Waals surface area contributed by atoms with Crippen molar-refractivity contribution in [3.63, 3.8) is 0 Å². The molecule has 2 heterocycles. The Kier molecular flexibility index (Phi) is 10.0. The van der Waals surface area contributed by atoms with Gasteiger partial charge in [-0.25, -0.2) is 4.98 Å². The molecule has 2 aromatic carbocycles. The highest BCUT2D eigenvalue weighted by Gasteiger charge is 2.24. The van der Waals surface area contributed by atoms with Crippen LogP contribution in [0.2, 0.25) is 0 Å². The van der Waals surface area contributed by atoms with Gasteiger partial charge >= 0.3 is 0 Å². The van der Waals surface area contributed by atoms with Crippen molar-refractivity contribution in [1.29, 1.82) is 0 Å². The van der Waals surface area contributed by atoms with Gasteiger partial charge in [0.2, 0.25) is 6.79 Å². The lowest BCUT2D eigenvalue weighted by Gasteiger charge is -2.25. The Hall–Kier alpha value is -2.55. The van der Waals surface area contributed by atoms with Crippen LogP contribution in [0.3, 0.4) is 0 Å². The maximum absolute atomic E-state index is 13.7. The van der Waals surface area contributed by atoms with Crippen LogP contribution in [-0.4, -0.2) is 55.4 Å². The third-order valence-corrected chi connectivity index (χ3v) is 7.02. The molecule has 9 heteroatoms. The van der Waals surface area contributed by atoms with Gasteiger partial charge in [-0.05, 0) is 37.7 Å². The lowest BCUT2D eigenvalue weighted by Crippen LogP contribution is -2.38. The second-order valence-corrected chi connectivity index (χ2v) is 9.25. The van der Waals surface area contributed by atoms with Crippen molar-refractivity contribution < 1.29 is 19.0 Å². The highest BCUT2D eigenvalue weighted by Crippen LogP contribution is 2.40. The first-order valence-corrected chi connectivity index (χ1v) is 12.9. The molecule has 0 atom stereocenters. The number of fused-ring (bicyclic) bond motifs is 2. The average molecular weight is 520 g/mol. The number of hydrogen-bond acceptors (Lipinski definition) is 7. The van der Waals surface area contributed by atoms with Crippen molar-refractivity contribution in [2.45, 2.75) is 40.0 Å². The number of unbranched alkanes of at least 4 members (excludes halogenated alkanes) is 2. The fourth-order valence-electron chi connectivity index (χ4n) is 3.90. The van der Waals surface area contributed by atoms with E-state index in [0.29, 0.717) is 29.6 Å². The van der Waals surface area contributed by atoms with E-state index < -0.39 is 0 Å². The lowest BCUT2D eigenvalue weighted by molar-refractivity contribution is 0.0983. The fourth-order valence-corrected chi connectivity index (χ4v) is 4.90. The number of nitrogens with zero attached hydrogens (tertiary/aromatic N) is 3. The molecule has 0 spiro atoms. The summed E-state index contributed by atoms with van der Waals surface area (Å²) in [6, 6.07) is 11.3. The standard InChI is InChI=1S/C26H33N3O4S.ClH/c1-4-7-8-14-31-20-11-9-10-19(15-20)25(30)29(13-12-28(5-2)6-3)26-27-21-16-22-23(33-18-32-22)17-24(21)34-26;/h9-11,15-17H,4-8,12-14,18H2,1-3H3;1H. The Labute approximate surface area is 217 Å². The van der Waals surface area contributed by atoms with Gasteiger partial charge in [-0.3, -0.25) is 9.69 Å². The van der Waals surface area contributed by atoms with E-state index in [1.807, 2.05) is 36.4 Å². The van der Waals surface area contributed by atoms with E-state index in [4.69, 9.17) is 19.2 Å². The molecule has 0 unspecified atom stereocenters. The zero-order valence-corrected chi connectivity index (χ0v) is 22.3. The van der Waals surface area contributed by atoms with Crippen LogP contribution in [0.25, 0.3) is 10.2 Å². The summed E-state index contributed by atoms with van der Waals surface area (Å²) in [6.45, 7) is 10.5. The maximum atomic E-state index is 13.7. The number of anilines is 1. The molecule has 0 N–H and O–H groups in total. The van der Waals surface area contributed by atoms with E-state index in [0.717, 1.165) is 60.6 Å². The van der Waals surface area contributed by atoms with Gasteiger partial charge in [0.15, 0.2) is 16.6 Å². The number of carbonyl (C=O) groups excluding carboxylic acids is 1. The molecule has 3 aromatic rings. The number of hydrogen-bond donors (Lipinski definition) is 0. The van der Waals surface area contributed by atoms with Crippen LogP contribution >= 0.6 is 23.7 Å². The molecule has 0 radical (unpaired) electrons. The number of likely N-dealkylation sites (N-methyl/N-ethyl adjacent to an activating group) is 1. The minimum atomic E-state index is -0.0785. The summed E-state index contributed by atoms with van der Waals surface area (Å²) >= 11 is 1.49. The van der Waals surface area contributed by atoms with Crippen molar-refractivity contribution >= 4 is 45.0 Å². The summed E-state index contributed by atoms with van der Waals surface area (Å²) in [6.07, 6.45) is 3.29. The second kappa shape index (κ2) is 13.0.